The molecule has 2 rings (SSSR count). The standard InChI is InChI=1S/C7H6O2.C6H6O2.H2O4S/c8-7(9)6-4-2-1-3-5-6;7-5-1-2-6(8)4-3-5;1-5(2,3)4/h1-5H,(H,8,9);1-4,7-8H;(H2,1,2,3,4). The van der Waals surface area contributed by atoms with Crippen LogP contribution >= 0.6 is 0 Å². The van der Waals surface area contributed by atoms with E-state index in [-0.39, 0.29) is 11.5 Å². The van der Waals surface area contributed by atoms with Gasteiger partial charge in [0.2, 0.25) is 0 Å². The Labute approximate surface area is 126 Å². The number of carboxylic acid groups (broad SMARTS) is 1. The second-order valence-electron chi connectivity index (χ2n) is 3.64. The molecule has 5 N–H and O–H groups in total. The van der Waals surface area contributed by atoms with Gasteiger partial charge in [0.05, 0.1) is 5.56 Å². The molecule has 2 aromatic carbocycles. The van der Waals surface area contributed by atoms with E-state index >= 15 is 0 Å². The number of carbonyl (C=O) groups is 1. The third kappa shape index (κ3) is 12.4. The molecular weight excluding hydrogens is 316 g/mol. The Morgan fingerprint density at radius 1 is 0.773 bits per heavy atom. The van der Waals surface area contributed by atoms with Gasteiger partial charge in [-0.15, -0.1) is 0 Å². The molecule has 0 aromatic heterocycles. The molecule has 0 spiro atoms. The number of hydrogen-bond acceptors (Lipinski definition) is 5. The summed E-state index contributed by atoms with van der Waals surface area (Å²) in [5, 5.41) is 25.7. The van der Waals surface area contributed by atoms with Crippen molar-refractivity contribution in [1.82, 2.24) is 0 Å². The first-order valence-corrected chi connectivity index (χ1v) is 6.95. The SMILES string of the molecule is O=C(O)c1ccccc1.O=S(=O)(O)O.Oc1ccc(O)cc1. The molecule has 0 unspecified atom stereocenters. The Bertz CT molecular complexity index is 636. The van der Waals surface area contributed by atoms with E-state index in [2.05, 4.69) is 0 Å². The summed E-state index contributed by atoms with van der Waals surface area (Å²) in [7, 11) is -4.67. The number of phenols is 2. The van der Waals surface area contributed by atoms with Crippen LogP contribution in [0.25, 0.3) is 0 Å². The van der Waals surface area contributed by atoms with Crippen molar-refractivity contribution in [3.63, 3.8) is 0 Å². The molecule has 0 atom stereocenters. The minimum Gasteiger partial charge on any atom is -0.508 e. The lowest BCUT2D eigenvalue weighted by atomic mass is 10.2. The first kappa shape index (κ1) is 19.4. The zero-order valence-corrected chi connectivity index (χ0v) is 11.9. The molecule has 0 aliphatic rings. The van der Waals surface area contributed by atoms with E-state index in [4.69, 9.17) is 32.8 Å². The van der Waals surface area contributed by atoms with E-state index in [1.54, 1.807) is 30.3 Å². The molecule has 0 bridgehead atoms. The van der Waals surface area contributed by atoms with E-state index in [0.717, 1.165) is 0 Å². The second-order valence-corrected chi connectivity index (χ2v) is 4.53. The van der Waals surface area contributed by atoms with Gasteiger partial charge in [0.25, 0.3) is 0 Å². The van der Waals surface area contributed by atoms with E-state index in [1.807, 2.05) is 0 Å². The second kappa shape index (κ2) is 9.34. The summed E-state index contributed by atoms with van der Waals surface area (Å²) in [4.78, 5) is 10.2. The molecule has 0 saturated carbocycles. The number of aromatic carboxylic acids is 1. The van der Waals surface area contributed by atoms with Gasteiger partial charge in [-0.25, -0.2) is 4.79 Å². The number of aromatic hydroxyl groups is 2. The summed E-state index contributed by atoms with van der Waals surface area (Å²) < 4.78 is 31.6. The lowest BCUT2D eigenvalue weighted by Crippen LogP contribution is -1.93. The van der Waals surface area contributed by atoms with Crippen LogP contribution in [0.4, 0.5) is 0 Å². The highest BCUT2D eigenvalue weighted by Crippen LogP contribution is 2.13. The van der Waals surface area contributed by atoms with Gasteiger partial charge < -0.3 is 15.3 Å². The van der Waals surface area contributed by atoms with Gasteiger partial charge >= 0.3 is 16.4 Å². The summed E-state index contributed by atoms with van der Waals surface area (Å²) >= 11 is 0. The molecule has 0 amide bonds. The summed E-state index contributed by atoms with van der Waals surface area (Å²) in [6.45, 7) is 0. The maximum absolute atomic E-state index is 10.2. The van der Waals surface area contributed by atoms with Gasteiger partial charge in [0.1, 0.15) is 11.5 Å². The highest BCUT2D eigenvalue weighted by atomic mass is 32.3. The fraction of sp³-hybridized carbons (Fsp3) is 0. The molecule has 0 fully saturated rings. The van der Waals surface area contributed by atoms with E-state index in [1.165, 1.54) is 24.3 Å². The molecule has 22 heavy (non-hydrogen) atoms. The Hall–Kier alpha value is -2.62. The monoisotopic (exact) mass is 330 g/mol. The van der Waals surface area contributed by atoms with Gasteiger partial charge in [-0.05, 0) is 36.4 Å². The summed E-state index contributed by atoms with van der Waals surface area (Å²) in [5.74, 6) is -0.541. The van der Waals surface area contributed by atoms with Crippen molar-refractivity contribution < 1.29 is 37.6 Å². The lowest BCUT2D eigenvalue weighted by Gasteiger charge is -1.88. The number of rotatable bonds is 1. The normalized spacial score (nSPS) is 9.55. The molecular formula is C13H14O8S. The van der Waals surface area contributed by atoms with Crippen LogP contribution in [-0.4, -0.2) is 38.8 Å². The summed E-state index contributed by atoms with van der Waals surface area (Å²) in [6.07, 6.45) is 0. The minimum absolute atomic E-state index is 0.169. The molecule has 0 radical (unpaired) electrons. The average Bonchev–Trinajstić information content (AvgIpc) is 2.42. The highest BCUT2D eigenvalue weighted by Gasteiger charge is 1.96. The largest absolute Gasteiger partial charge is 0.508 e. The van der Waals surface area contributed by atoms with Crippen molar-refractivity contribution in [3.8, 4) is 11.5 Å². The maximum Gasteiger partial charge on any atom is 0.394 e. The number of carboxylic acids is 1. The molecule has 0 aliphatic heterocycles. The van der Waals surface area contributed by atoms with Crippen molar-refractivity contribution in [2.45, 2.75) is 0 Å². The van der Waals surface area contributed by atoms with Crippen molar-refractivity contribution in [1.29, 1.82) is 0 Å². The van der Waals surface area contributed by atoms with Crippen molar-refractivity contribution >= 4 is 16.4 Å². The van der Waals surface area contributed by atoms with Crippen LogP contribution < -0.4 is 0 Å². The smallest absolute Gasteiger partial charge is 0.394 e. The number of hydrogen-bond donors (Lipinski definition) is 5. The van der Waals surface area contributed by atoms with Gasteiger partial charge in [-0.1, -0.05) is 18.2 Å². The van der Waals surface area contributed by atoms with Crippen LogP contribution in [0, 0.1) is 0 Å². The van der Waals surface area contributed by atoms with E-state index in [0.29, 0.717) is 5.56 Å². The van der Waals surface area contributed by atoms with Crippen LogP contribution in [0.2, 0.25) is 0 Å². The molecule has 0 saturated heterocycles. The van der Waals surface area contributed by atoms with Crippen LogP contribution in [0.5, 0.6) is 11.5 Å². The first-order chi connectivity index (χ1) is 10.1. The molecule has 0 heterocycles. The van der Waals surface area contributed by atoms with Crippen LogP contribution in [0.3, 0.4) is 0 Å². The molecule has 2 aromatic rings. The average molecular weight is 330 g/mol. The fourth-order valence-corrected chi connectivity index (χ4v) is 1.03. The summed E-state index contributed by atoms with van der Waals surface area (Å²) in [5.41, 5.74) is 0.331. The highest BCUT2D eigenvalue weighted by molar-refractivity contribution is 7.79. The van der Waals surface area contributed by atoms with Crippen molar-refractivity contribution in [3.05, 3.63) is 60.2 Å². The molecule has 8 nitrogen and oxygen atoms in total. The first-order valence-electron chi connectivity index (χ1n) is 5.56. The van der Waals surface area contributed by atoms with E-state index < -0.39 is 16.4 Å². The predicted octanol–water partition coefficient (Wildman–Crippen LogP) is 1.83. The Morgan fingerprint density at radius 2 is 1.09 bits per heavy atom. The number of phenolic OH excluding ortho intramolecular Hbond substituents is 2. The molecule has 120 valence electrons. The van der Waals surface area contributed by atoms with Gasteiger partial charge in [0.15, 0.2) is 0 Å². The Kier molecular flexibility index (Phi) is 8.23. The minimum atomic E-state index is -4.67. The van der Waals surface area contributed by atoms with Gasteiger partial charge in [-0.2, -0.15) is 8.42 Å². The third-order valence-electron chi connectivity index (χ3n) is 1.87. The van der Waals surface area contributed by atoms with Crippen molar-refractivity contribution in [2.75, 3.05) is 0 Å². The van der Waals surface area contributed by atoms with Gasteiger partial charge in [-0.3, -0.25) is 9.11 Å². The molecule has 0 aliphatic carbocycles. The summed E-state index contributed by atoms with van der Waals surface area (Å²) in [6, 6.07) is 14.0. The zero-order valence-electron chi connectivity index (χ0n) is 11.1. The topological polar surface area (TPSA) is 152 Å². The van der Waals surface area contributed by atoms with E-state index in [9.17, 15) is 4.79 Å². The van der Waals surface area contributed by atoms with Crippen LogP contribution in [0.1, 0.15) is 10.4 Å². The quantitative estimate of drug-likeness (QED) is 0.392. The van der Waals surface area contributed by atoms with Gasteiger partial charge in [0, 0.05) is 0 Å². The fourth-order valence-electron chi connectivity index (χ4n) is 1.03. The number of benzene rings is 2. The predicted molar refractivity (Wildman–Crippen MR) is 77.4 cm³/mol. The third-order valence-corrected chi connectivity index (χ3v) is 1.87. The maximum atomic E-state index is 10.2. The van der Waals surface area contributed by atoms with Crippen LogP contribution in [0.15, 0.2) is 54.6 Å². The van der Waals surface area contributed by atoms with Crippen LogP contribution in [-0.2, 0) is 10.4 Å². The van der Waals surface area contributed by atoms with Crippen molar-refractivity contribution in [2.24, 2.45) is 0 Å². The Balaban J connectivity index is 0.000000315. The molecule has 9 heteroatoms. The Morgan fingerprint density at radius 3 is 1.32 bits per heavy atom. The lowest BCUT2D eigenvalue weighted by molar-refractivity contribution is 0.0697. The zero-order chi connectivity index (χ0) is 17.2.